The van der Waals surface area contributed by atoms with Crippen molar-refractivity contribution in [1.29, 1.82) is 0 Å². The van der Waals surface area contributed by atoms with Gasteiger partial charge in [0.1, 0.15) is 0 Å². The Hall–Kier alpha value is -1.77. The summed E-state index contributed by atoms with van der Waals surface area (Å²) in [4.78, 5) is 16.4. The third-order valence-corrected chi connectivity index (χ3v) is 5.36. The Bertz CT molecular complexity index is 803. The van der Waals surface area contributed by atoms with Crippen LogP contribution < -0.4 is 10.0 Å². The third-order valence-electron chi connectivity index (χ3n) is 2.71. The second-order valence-electron chi connectivity index (χ2n) is 6.13. The lowest BCUT2D eigenvalue weighted by molar-refractivity contribution is 0.102. The smallest absolute Gasteiger partial charge is 0.257 e. The fourth-order valence-corrected chi connectivity index (χ4v) is 3.93. The van der Waals surface area contributed by atoms with Crippen LogP contribution in [0.25, 0.3) is 0 Å². The Morgan fingerprint density at radius 2 is 1.78 bits per heavy atom. The molecule has 0 radical (unpaired) electrons. The molecule has 1 aromatic carbocycles. The second-order valence-corrected chi connectivity index (χ2v) is 8.67. The van der Waals surface area contributed by atoms with Crippen molar-refractivity contribution in [3.63, 3.8) is 0 Å². The van der Waals surface area contributed by atoms with Gasteiger partial charge in [0.15, 0.2) is 5.13 Å². The summed E-state index contributed by atoms with van der Waals surface area (Å²) in [6, 6.07) is 5.78. The summed E-state index contributed by atoms with van der Waals surface area (Å²) in [7, 11) is -3.61. The first-order chi connectivity index (χ1) is 10.6. The Labute approximate surface area is 140 Å². The van der Waals surface area contributed by atoms with E-state index < -0.39 is 15.6 Å². The average molecular weight is 353 g/mol. The maximum atomic E-state index is 12.2. The molecule has 0 aliphatic rings. The van der Waals surface area contributed by atoms with E-state index in [0.29, 0.717) is 10.7 Å². The highest BCUT2D eigenvalue weighted by atomic mass is 32.2. The molecular formula is C15H19N3O3S2. The summed E-state index contributed by atoms with van der Waals surface area (Å²) in [6.45, 7) is 7.14. The highest BCUT2D eigenvalue weighted by molar-refractivity contribution is 7.89. The van der Waals surface area contributed by atoms with E-state index in [1.807, 2.05) is 12.3 Å². The molecule has 2 rings (SSSR count). The Kier molecular flexibility index (Phi) is 4.88. The van der Waals surface area contributed by atoms with Gasteiger partial charge in [-0.25, -0.2) is 18.1 Å². The number of carbonyl (C=O) groups is 1. The molecule has 6 nitrogen and oxygen atoms in total. The zero-order valence-electron chi connectivity index (χ0n) is 13.4. The molecule has 0 saturated heterocycles. The lowest BCUT2D eigenvalue weighted by Gasteiger charge is -2.20. The van der Waals surface area contributed by atoms with Crippen LogP contribution in [-0.2, 0) is 10.0 Å². The first kappa shape index (κ1) is 17.6. The summed E-state index contributed by atoms with van der Waals surface area (Å²) in [5.41, 5.74) is 0.630. The predicted octanol–water partition coefficient (Wildman–Crippen LogP) is 2.78. The van der Waals surface area contributed by atoms with E-state index in [9.17, 15) is 13.2 Å². The van der Waals surface area contributed by atoms with E-state index in [1.165, 1.54) is 35.6 Å². The van der Waals surface area contributed by atoms with Crippen LogP contribution in [0.1, 0.15) is 36.8 Å². The van der Waals surface area contributed by atoms with E-state index in [4.69, 9.17) is 0 Å². The minimum atomic E-state index is -3.61. The zero-order valence-corrected chi connectivity index (χ0v) is 15.0. The predicted molar refractivity (Wildman–Crippen MR) is 91.3 cm³/mol. The summed E-state index contributed by atoms with van der Waals surface area (Å²) in [5, 5.41) is 5.03. The maximum Gasteiger partial charge on any atom is 0.257 e. The average Bonchev–Trinajstić information content (AvgIpc) is 2.81. The number of carbonyl (C=O) groups excluding carboxylic acids is 1. The van der Waals surface area contributed by atoms with E-state index in [1.54, 1.807) is 20.8 Å². The number of hydrogen-bond acceptors (Lipinski definition) is 5. The van der Waals surface area contributed by atoms with Crippen molar-refractivity contribution in [1.82, 2.24) is 9.71 Å². The van der Waals surface area contributed by atoms with Crippen molar-refractivity contribution >= 4 is 32.4 Å². The molecule has 124 valence electrons. The molecule has 2 N–H and O–H groups in total. The van der Waals surface area contributed by atoms with Gasteiger partial charge >= 0.3 is 0 Å². The molecule has 0 fully saturated rings. The van der Waals surface area contributed by atoms with Crippen molar-refractivity contribution in [2.45, 2.75) is 38.1 Å². The molecule has 0 bridgehead atoms. The van der Waals surface area contributed by atoms with Gasteiger partial charge in [-0.3, -0.25) is 10.1 Å². The third kappa shape index (κ3) is 4.85. The minimum absolute atomic E-state index is 0.120. The van der Waals surface area contributed by atoms with Gasteiger partial charge in [-0.1, -0.05) is 0 Å². The van der Waals surface area contributed by atoms with Gasteiger partial charge in [-0.05, 0) is 52.0 Å². The molecule has 1 amide bonds. The molecule has 2 aromatic rings. The van der Waals surface area contributed by atoms with E-state index in [-0.39, 0.29) is 10.8 Å². The minimum Gasteiger partial charge on any atom is -0.298 e. The van der Waals surface area contributed by atoms with Gasteiger partial charge in [0.2, 0.25) is 10.0 Å². The molecule has 0 aliphatic carbocycles. The number of rotatable bonds is 4. The van der Waals surface area contributed by atoms with Crippen LogP contribution in [0.4, 0.5) is 5.13 Å². The Morgan fingerprint density at radius 3 is 2.26 bits per heavy atom. The maximum absolute atomic E-state index is 12.2. The van der Waals surface area contributed by atoms with Gasteiger partial charge in [0, 0.05) is 16.5 Å². The number of aromatic nitrogens is 1. The van der Waals surface area contributed by atoms with Crippen molar-refractivity contribution in [3.05, 3.63) is 40.9 Å². The van der Waals surface area contributed by atoms with Crippen molar-refractivity contribution in [2.75, 3.05) is 5.32 Å². The number of amides is 1. The van der Waals surface area contributed by atoms with Crippen LogP contribution in [0, 0.1) is 6.92 Å². The van der Waals surface area contributed by atoms with Crippen molar-refractivity contribution in [3.8, 4) is 0 Å². The summed E-state index contributed by atoms with van der Waals surface area (Å²) >= 11 is 1.34. The van der Waals surface area contributed by atoms with Crippen LogP contribution >= 0.6 is 11.3 Å². The van der Waals surface area contributed by atoms with Crippen LogP contribution in [0.3, 0.4) is 0 Å². The van der Waals surface area contributed by atoms with Gasteiger partial charge < -0.3 is 0 Å². The fourth-order valence-electron chi connectivity index (χ4n) is 1.83. The van der Waals surface area contributed by atoms with Crippen LogP contribution in [-0.4, -0.2) is 24.8 Å². The van der Waals surface area contributed by atoms with Gasteiger partial charge in [0.05, 0.1) is 10.6 Å². The molecule has 0 saturated carbocycles. The van der Waals surface area contributed by atoms with Crippen molar-refractivity contribution < 1.29 is 13.2 Å². The molecule has 0 spiro atoms. The largest absolute Gasteiger partial charge is 0.298 e. The molecule has 0 unspecified atom stereocenters. The summed E-state index contributed by atoms with van der Waals surface area (Å²) < 4.78 is 27.0. The molecule has 8 heteroatoms. The molecule has 1 heterocycles. The standard InChI is InChI=1S/C15H19N3O3S2/c1-10-9-22-14(16-10)17-13(19)11-5-7-12(8-6-11)23(20,21)18-15(2,3)4/h5-9,18H,1-4H3,(H,16,17,19). The number of hydrogen-bond donors (Lipinski definition) is 2. The monoisotopic (exact) mass is 353 g/mol. The number of aryl methyl sites for hydroxylation is 1. The van der Waals surface area contributed by atoms with E-state index in [0.717, 1.165) is 5.69 Å². The van der Waals surface area contributed by atoms with Gasteiger partial charge in [-0.15, -0.1) is 11.3 Å². The highest BCUT2D eigenvalue weighted by Crippen LogP contribution is 2.17. The first-order valence-corrected chi connectivity index (χ1v) is 9.31. The Balaban J connectivity index is 2.14. The van der Waals surface area contributed by atoms with E-state index >= 15 is 0 Å². The quantitative estimate of drug-likeness (QED) is 0.885. The summed E-state index contributed by atoms with van der Waals surface area (Å²) in [5.74, 6) is -0.327. The SMILES string of the molecule is Cc1csc(NC(=O)c2ccc(S(=O)(=O)NC(C)(C)C)cc2)n1. The van der Waals surface area contributed by atoms with Crippen molar-refractivity contribution in [2.24, 2.45) is 0 Å². The van der Waals surface area contributed by atoms with Gasteiger partial charge in [-0.2, -0.15) is 0 Å². The topological polar surface area (TPSA) is 88.2 Å². The van der Waals surface area contributed by atoms with Crippen LogP contribution in [0.2, 0.25) is 0 Å². The highest BCUT2D eigenvalue weighted by Gasteiger charge is 2.22. The molecule has 23 heavy (non-hydrogen) atoms. The van der Waals surface area contributed by atoms with Crippen LogP contribution in [0.15, 0.2) is 34.5 Å². The fraction of sp³-hybridized carbons (Fsp3) is 0.333. The number of benzene rings is 1. The lowest BCUT2D eigenvalue weighted by atomic mass is 10.1. The van der Waals surface area contributed by atoms with Gasteiger partial charge in [0.25, 0.3) is 5.91 Å². The number of thiazole rings is 1. The number of anilines is 1. The second kappa shape index (κ2) is 6.38. The number of sulfonamides is 1. The molecule has 1 aromatic heterocycles. The first-order valence-electron chi connectivity index (χ1n) is 6.94. The Morgan fingerprint density at radius 1 is 1.17 bits per heavy atom. The molecule has 0 aliphatic heterocycles. The van der Waals surface area contributed by atoms with Crippen LogP contribution in [0.5, 0.6) is 0 Å². The normalized spacial score (nSPS) is 12.2. The zero-order chi connectivity index (χ0) is 17.3. The lowest BCUT2D eigenvalue weighted by Crippen LogP contribution is -2.40. The number of nitrogens with zero attached hydrogens (tertiary/aromatic N) is 1. The molecule has 0 atom stereocenters. The molecular weight excluding hydrogens is 334 g/mol. The summed E-state index contributed by atoms with van der Waals surface area (Å²) in [6.07, 6.45) is 0. The number of nitrogens with one attached hydrogen (secondary N) is 2. The van der Waals surface area contributed by atoms with E-state index in [2.05, 4.69) is 15.0 Å².